The Kier molecular flexibility index (Phi) is 5.83. The molecule has 5 rings (SSSR count). The Morgan fingerprint density at radius 3 is 2.43 bits per heavy atom. The monoisotopic (exact) mass is 507 g/mol. The van der Waals surface area contributed by atoms with Crippen LogP contribution in [0.5, 0.6) is 23.0 Å². The summed E-state index contributed by atoms with van der Waals surface area (Å²) in [7, 11) is 1.51. The number of pyridine rings is 1. The quantitative estimate of drug-likeness (QED) is 0.250. The Balaban J connectivity index is 1.33. The van der Waals surface area contributed by atoms with Gasteiger partial charge in [-0.15, -0.1) is 0 Å². The molecule has 0 bridgehead atoms. The van der Waals surface area contributed by atoms with Crippen LogP contribution in [0.2, 0.25) is 0 Å². The van der Waals surface area contributed by atoms with Crippen LogP contribution in [0.25, 0.3) is 11.0 Å². The molecule has 0 radical (unpaired) electrons. The predicted molar refractivity (Wildman–Crippen MR) is 118 cm³/mol. The second-order valence-electron chi connectivity index (χ2n) is 7.45. The van der Waals surface area contributed by atoms with E-state index in [2.05, 4.69) is 24.4 Å². The maximum Gasteiger partial charge on any atom is 0.507 e. The van der Waals surface area contributed by atoms with Crippen LogP contribution >= 0.6 is 11.8 Å². The van der Waals surface area contributed by atoms with Gasteiger partial charge in [-0.2, -0.15) is 17.6 Å². The molecule has 0 aliphatic carbocycles. The van der Waals surface area contributed by atoms with E-state index in [0.29, 0.717) is 40.2 Å². The van der Waals surface area contributed by atoms with Crippen molar-refractivity contribution in [3.05, 3.63) is 66.0 Å². The van der Waals surface area contributed by atoms with Crippen LogP contribution in [0.4, 0.5) is 17.6 Å². The number of aromatic amines is 1. The zero-order valence-electron chi connectivity index (χ0n) is 18.1. The molecule has 12 heteroatoms. The number of nitrogens with one attached hydrogen (secondary N) is 1. The van der Waals surface area contributed by atoms with Gasteiger partial charge in [0.15, 0.2) is 28.2 Å². The number of rotatable bonds is 7. The lowest BCUT2D eigenvalue weighted by Crippen LogP contribution is -2.52. The first kappa shape index (κ1) is 23.1. The molecule has 1 aliphatic heterocycles. The molecule has 0 spiro atoms. The average Bonchev–Trinajstić information content (AvgIpc) is 3.22. The molecule has 2 aromatic carbocycles. The van der Waals surface area contributed by atoms with Gasteiger partial charge in [0.2, 0.25) is 0 Å². The fourth-order valence-corrected chi connectivity index (χ4v) is 4.22. The third kappa shape index (κ3) is 4.53. The maximum absolute atomic E-state index is 13.5. The third-order valence-electron chi connectivity index (χ3n) is 5.07. The number of fused-ring (bicyclic) bond motifs is 2. The molecule has 0 atom stereocenters. The molecule has 182 valence electrons. The van der Waals surface area contributed by atoms with E-state index in [9.17, 15) is 17.6 Å². The summed E-state index contributed by atoms with van der Waals surface area (Å²) < 4.78 is 73.6. The molecule has 2 aromatic heterocycles. The molecule has 1 N–H and O–H groups in total. The number of alkyl halides is 4. The summed E-state index contributed by atoms with van der Waals surface area (Å²) in [6.45, 7) is 0.351. The van der Waals surface area contributed by atoms with Gasteiger partial charge in [0.25, 0.3) is 0 Å². The van der Waals surface area contributed by atoms with Crippen molar-refractivity contribution >= 4 is 22.8 Å². The van der Waals surface area contributed by atoms with Gasteiger partial charge in [0.05, 0.1) is 23.8 Å². The van der Waals surface area contributed by atoms with Crippen molar-refractivity contribution in [1.29, 1.82) is 0 Å². The topological polar surface area (TPSA) is 78.5 Å². The number of hydrogen-bond donors (Lipinski definition) is 1. The zero-order chi connectivity index (χ0) is 24.6. The van der Waals surface area contributed by atoms with Crippen LogP contribution in [0.3, 0.4) is 0 Å². The lowest BCUT2D eigenvalue weighted by molar-refractivity contribution is -0.391. The largest absolute Gasteiger partial charge is 0.507 e. The summed E-state index contributed by atoms with van der Waals surface area (Å²) in [4.78, 5) is 11.6. The standard InChI is InChI=1S/C23H17F4N3O4S/c1-31-20-16(28-8-7-17(20)32-11-13-5-3-2-4-6-13)12-35-21-29-14-9-18-19(10-15(14)30-21)34-23(26,27)22(24,25)33-18/h2-10H,11-12H2,1H3,(H,29,30). The van der Waals surface area contributed by atoms with Crippen molar-refractivity contribution < 1.29 is 36.5 Å². The van der Waals surface area contributed by atoms with Gasteiger partial charge in [0.1, 0.15) is 6.61 Å². The lowest BCUT2D eigenvalue weighted by atomic mass is 10.2. The highest BCUT2D eigenvalue weighted by atomic mass is 32.2. The van der Waals surface area contributed by atoms with E-state index in [-0.39, 0.29) is 5.52 Å². The molecule has 0 fully saturated rings. The number of ether oxygens (including phenoxy) is 4. The maximum atomic E-state index is 13.5. The minimum atomic E-state index is -4.79. The van der Waals surface area contributed by atoms with Gasteiger partial charge in [0, 0.05) is 30.1 Å². The second-order valence-corrected chi connectivity index (χ2v) is 8.41. The molecule has 3 heterocycles. The van der Waals surface area contributed by atoms with Gasteiger partial charge in [-0.25, -0.2) is 4.98 Å². The summed E-state index contributed by atoms with van der Waals surface area (Å²) in [5.74, 6) is 0.279. The molecule has 0 saturated heterocycles. The minimum absolute atomic E-state index is 0.246. The number of aromatic nitrogens is 3. The number of methoxy groups -OCH3 is 1. The van der Waals surface area contributed by atoms with Crippen LogP contribution in [-0.2, 0) is 12.4 Å². The molecular formula is C23H17F4N3O4S. The molecule has 0 unspecified atom stereocenters. The molecule has 0 amide bonds. The van der Waals surface area contributed by atoms with Crippen LogP contribution < -0.4 is 18.9 Å². The first-order valence-corrected chi connectivity index (χ1v) is 11.2. The molecule has 1 aliphatic rings. The number of thioether (sulfide) groups is 1. The van der Waals surface area contributed by atoms with Gasteiger partial charge < -0.3 is 23.9 Å². The highest BCUT2D eigenvalue weighted by molar-refractivity contribution is 7.98. The van der Waals surface area contributed by atoms with Crippen LogP contribution in [0.1, 0.15) is 11.3 Å². The Labute approximate surface area is 200 Å². The van der Waals surface area contributed by atoms with E-state index in [1.807, 2.05) is 30.3 Å². The molecule has 7 nitrogen and oxygen atoms in total. The van der Waals surface area contributed by atoms with Crippen LogP contribution in [-0.4, -0.2) is 34.3 Å². The Morgan fingerprint density at radius 1 is 1.00 bits per heavy atom. The zero-order valence-corrected chi connectivity index (χ0v) is 18.9. The molecule has 35 heavy (non-hydrogen) atoms. The summed E-state index contributed by atoms with van der Waals surface area (Å²) in [5.41, 5.74) is 2.15. The number of H-pyrrole nitrogens is 1. The summed E-state index contributed by atoms with van der Waals surface area (Å²) in [6, 6.07) is 13.6. The highest BCUT2D eigenvalue weighted by Crippen LogP contribution is 2.48. The van der Waals surface area contributed by atoms with Gasteiger partial charge in [-0.05, 0) is 5.56 Å². The van der Waals surface area contributed by atoms with E-state index in [0.717, 1.165) is 17.7 Å². The normalized spacial score (nSPS) is 15.7. The van der Waals surface area contributed by atoms with Gasteiger partial charge in [-0.1, -0.05) is 42.1 Å². The number of halogens is 4. The molecular weight excluding hydrogens is 490 g/mol. The average molecular weight is 507 g/mol. The van der Waals surface area contributed by atoms with Crippen LogP contribution in [0, 0.1) is 0 Å². The number of benzene rings is 2. The Hall–Kier alpha value is -3.67. The molecule has 4 aromatic rings. The van der Waals surface area contributed by atoms with Crippen molar-refractivity contribution in [3.8, 4) is 23.0 Å². The summed E-state index contributed by atoms with van der Waals surface area (Å²) >= 11 is 1.25. The summed E-state index contributed by atoms with van der Waals surface area (Å²) in [5, 5.41) is 0.403. The number of nitrogens with zero attached hydrogens (tertiary/aromatic N) is 2. The van der Waals surface area contributed by atoms with Crippen molar-refractivity contribution in [2.45, 2.75) is 29.7 Å². The van der Waals surface area contributed by atoms with E-state index < -0.39 is 23.7 Å². The SMILES string of the molecule is COc1c(OCc2ccccc2)ccnc1CSc1nc2cc3c(cc2[nH]1)OC(F)(F)C(F)(F)O3. The van der Waals surface area contributed by atoms with Gasteiger partial charge >= 0.3 is 12.2 Å². The predicted octanol–water partition coefficient (Wildman–Crippen LogP) is 5.79. The number of hydrogen-bond acceptors (Lipinski definition) is 7. The minimum Gasteiger partial charge on any atom is -0.491 e. The third-order valence-corrected chi connectivity index (χ3v) is 5.95. The summed E-state index contributed by atoms with van der Waals surface area (Å²) in [6.07, 6.45) is -7.99. The van der Waals surface area contributed by atoms with Crippen LogP contribution in [0.15, 0.2) is 59.9 Å². The lowest BCUT2D eigenvalue weighted by Gasteiger charge is -2.31. The fourth-order valence-electron chi connectivity index (χ4n) is 3.40. The highest BCUT2D eigenvalue weighted by Gasteiger charge is 2.66. The van der Waals surface area contributed by atoms with E-state index in [4.69, 9.17) is 9.47 Å². The van der Waals surface area contributed by atoms with E-state index in [1.54, 1.807) is 12.3 Å². The Morgan fingerprint density at radius 2 is 1.71 bits per heavy atom. The first-order valence-electron chi connectivity index (χ1n) is 10.2. The first-order chi connectivity index (χ1) is 16.8. The van der Waals surface area contributed by atoms with E-state index >= 15 is 0 Å². The van der Waals surface area contributed by atoms with Crippen molar-refractivity contribution in [2.75, 3.05) is 7.11 Å². The Bertz CT molecular complexity index is 1310. The number of imidazole rings is 1. The smallest absolute Gasteiger partial charge is 0.491 e. The van der Waals surface area contributed by atoms with E-state index in [1.165, 1.54) is 18.9 Å². The van der Waals surface area contributed by atoms with Crippen molar-refractivity contribution in [3.63, 3.8) is 0 Å². The second kappa shape index (κ2) is 8.84. The fraction of sp³-hybridized carbons (Fsp3) is 0.217. The van der Waals surface area contributed by atoms with Gasteiger partial charge in [-0.3, -0.25) is 4.98 Å². The molecule has 0 saturated carbocycles. The van der Waals surface area contributed by atoms with Crippen molar-refractivity contribution in [2.24, 2.45) is 0 Å². The van der Waals surface area contributed by atoms with Crippen molar-refractivity contribution in [1.82, 2.24) is 15.0 Å².